The van der Waals surface area contributed by atoms with Crippen LogP contribution in [0.4, 0.5) is 0 Å². The molecule has 2 unspecified atom stereocenters. The van der Waals surface area contributed by atoms with Gasteiger partial charge in [0.1, 0.15) is 0 Å². The standard InChI is InChI=1S/C12H19N3O/c13-11-4-3-10(9-11)12(16)14-5-8-15-6-1-2-7-15/h1-2,6-7,10-11H,3-5,8-9,13H2,(H,14,16). The summed E-state index contributed by atoms with van der Waals surface area (Å²) in [6, 6.07) is 4.19. The molecule has 16 heavy (non-hydrogen) atoms. The summed E-state index contributed by atoms with van der Waals surface area (Å²) in [6.45, 7) is 1.52. The van der Waals surface area contributed by atoms with E-state index in [2.05, 4.69) is 9.88 Å². The Kier molecular flexibility index (Phi) is 3.62. The van der Waals surface area contributed by atoms with Crippen LogP contribution in [0, 0.1) is 5.92 Å². The lowest BCUT2D eigenvalue weighted by atomic mass is 10.1. The highest BCUT2D eigenvalue weighted by Crippen LogP contribution is 2.23. The molecule has 1 amide bonds. The maximum absolute atomic E-state index is 11.7. The molecule has 1 aromatic heterocycles. The molecule has 1 fully saturated rings. The number of rotatable bonds is 4. The van der Waals surface area contributed by atoms with Crippen LogP contribution in [0.1, 0.15) is 19.3 Å². The van der Waals surface area contributed by atoms with Crippen molar-refractivity contribution in [3.63, 3.8) is 0 Å². The monoisotopic (exact) mass is 221 g/mol. The normalized spacial score (nSPS) is 24.6. The lowest BCUT2D eigenvalue weighted by Gasteiger charge is -2.11. The number of amides is 1. The highest BCUT2D eigenvalue weighted by atomic mass is 16.1. The molecule has 1 aromatic rings. The molecule has 1 aliphatic carbocycles. The van der Waals surface area contributed by atoms with Gasteiger partial charge >= 0.3 is 0 Å². The summed E-state index contributed by atoms with van der Waals surface area (Å²) in [5.41, 5.74) is 5.78. The van der Waals surface area contributed by atoms with Crippen molar-refractivity contribution >= 4 is 5.91 Å². The number of nitrogens with zero attached hydrogens (tertiary/aromatic N) is 1. The fourth-order valence-electron chi connectivity index (χ4n) is 2.23. The summed E-state index contributed by atoms with van der Waals surface area (Å²) in [4.78, 5) is 11.7. The third-order valence-corrected chi connectivity index (χ3v) is 3.18. The van der Waals surface area contributed by atoms with Crippen molar-refractivity contribution in [3.8, 4) is 0 Å². The number of nitrogens with two attached hydrogens (primary N) is 1. The first-order chi connectivity index (χ1) is 7.75. The Balaban J connectivity index is 1.68. The van der Waals surface area contributed by atoms with Crippen molar-refractivity contribution in [1.29, 1.82) is 0 Å². The van der Waals surface area contributed by atoms with Gasteiger partial charge in [0, 0.05) is 37.4 Å². The lowest BCUT2D eigenvalue weighted by Crippen LogP contribution is -2.32. The van der Waals surface area contributed by atoms with Crippen LogP contribution in [0.2, 0.25) is 0 Å². The summed E-state index contributed by atoms with van der Waals surface area (Å²) >= 11 is 0. The molecular weight excluding hydrogens is 202 g/mol. The number of carbonyl (C=O) groups excluding carboxylic acids is 1. The SMILES string of the molecule is NC1CCC(C(=O)NCCn2cccc2)C1. The molecule has 88 valence electrons. The highest BCUT2D eigenvalue weighted by molar-refractivity contribution is 5.78. The molecular formula is C12H19N3O. The van der Waals surface area contributed by atoms with Crippen LogP contribution in [0.3, 0.4) is 0 Å². The average Bonchev–Trinajstić information content (AvgIpc) is 2.89. The van der Waals surface area contributed by atoms with Gasteiger partial charge in [-0.3, -0.25) is 4.79 Å². The van der Waals surface area contributed by atoms with Crippen molar-refractivity contribution < 1.29 is 4.79 Å². The Hall–Kier alpha value is -1.29. The Labute approximate surface area is 95.8 Å². The van der Waals surface area contributed by atoms with E-state index in [4.69, 9.17) is 5.73 Å². The van der Waals surface area contributed by atoms with E-state index >= 15 is 0 Å². The lowest BCUT2D eigenvalue weighted by molar-refractivity contribution is -0.124. The zero-order valence-corrected chi connectivity index (χ0v) is 9.43. The van der Waals surface area contributed by atoms with Gasteiger partial charge in [-0.25, -0.2) is 0 Å². The van der Waals surface area contributed by atoms with E-state index < -0.39 is 0 Å². The van der Waals surface area contributed by atoms with Gasteiger partial charge in [-0.15, -0.1) is 0 Å². The molecule has 2 rings (SSSR count). The molecule has 0 spiro atoms. The van der Waals surface area contributed by atoms with Gasteiger partial charge in [0.2, 0.25) is 5.91 Å². The van der Waals surface area contributed by atoms with Gasteiger partial charge in [-0.1, -0.05) is 0 Å². The van der Waals surface area contributed by atoms with E-state index in [1.54, 1.807) is 0 Å². The van der Waals surface area contributed by atoms with Crippen LogP contribution >= 0.6 is 0 Å². The topological polar surface area (TPSA) is 60.1 Å². The van der Waals surface area contributed by atoms with Gasteiger partial charge in [-0.2, -0.15) is 0 Å². The predicted octanol–water partition coefficient (Wildman–Crippen LogP) is 0.732. The van der Waals surface area contributed by atoms with E-state index in [9.17, 15) is 4.79 Å². The third-order valence-electron chi connectivity index (χ3n) is 3.18. The first-order valence-corrected chi connectivity index (χ1v) is 5.90. The number of hydrogen-bond acceptors (Lipinski definition) is 2. The van der Waals surface area contributed by atoms with E-state index in [1.165, 1.54) is 0 Å². The van der Waals surface area contributed by atoms with Gasteiger partial charge in [0.05, 0.1) is 0 Å². The zero-order valence-electron chi connectivity index (χ0n) is 9.43. The quantitative estimate of drug-likeness (QED) is 0.787. The molecule has 3 N–H and O–H groups in total. The molecule has 1 aliphatic rings. The predicted molar refractivity (Wildman–Crippen MR) is 62.8 cm³/mol. The first kappa shape index (κ1) is 11.2. The Morgan fingerprint density at radius 3 is 2.75 bits per heavy atom. The molecule has 0 bridgehead atoms. The molecule has 0 radical (unpaired) electrons. The second-order valence-corrected chi connectivity index (χ2v) is 4.48. The molecule has 0 aliphatic heterocycles. The summed E-state index contributed by atoms with van der Waals surface area (Å²) in [7, 11) is 0. The molecule has 1 heterocycles. The van der Waals surface area contributed by atoms with Gasteiger partial charge in [0.15, 0.2) is 0 Å². The second-order valence-electron chi connectivity index (χ2n) is 4.48. The van der Waals surface area contributed by atoms with E-state index in [0.29, 0.717) is 6.54 Å². The maximum atomic E-state index is 11.7. The van der Waals surface area contributed by atoms with Crippen LogP contribution in [-0.4, -0.2) is 23.1 Å². The number of hydrogen-bond donors (Lipinski definition) is 2. The fourth-order valence-corrected chi connectivity index (χ4v) is 2.23. The van der Waals surface area contributed by atoms with Gasteiger partial charge in [-0.05, 0) is 31.4 Å². The minimum absolute atomic E-state index is 0.139. The van der Waals surface area contributed by atoms with Crippen molar-refractivity contribution in [2.24, 2.45) is 11.7 Å². The largest absolute Gasteiger partial charge is 0.354 e. The van der Waals surface area contributed by atoms with E-state index in [1.807, 2.05) is 24.5 Å². The third kappa shape index (κ3) is 2.85. The van der Waals surface area contributed by atoms with Crippen molar-refractivity contribution in [2.75, 3.05) is 6.54 Å². The van der Waals surface area contributed by atoms with Gasteiger partial charge in [0.25, 0.3) is 0 Å². The fraction of sp³-hybridized carbons (Fsp3) is 0.583. The molecule has 1 saturated carbocycles. The number of carbonyl (C=O) groups is 1. The molecule has 4 heteroatoms. The summed E-state index contributed by atoms with van der Waals surface area (Å²) in [5.74, 6) is 0.305. The first-order valence-electron chi connectivity index (χ1n) is 5.90. The van der Waals surface area contributed by atoms with Crippen LogP contribution in [0.5, 0.6) is 0 Å². The smallest absolute Gasteiger partial charge is 0.223 e. The Morgan fingerprint density at radius 2 is 2.12 bits per heavy atom. The summed E-state index contributed by atoms with van der Waals surface area (Å²) in [6.07, 6.45) is 6.76. The maximum Gasteiger partial charge on any atom is 0.223 e. The average molecular weight is 221 g/mol. The summed E-state index contributed by atoms with van der Waals surface area (Å²) in [5, 5.41) is 2.97. The minimum Gasteiger partial charge on any atom is -0.354 e. The van der Waals surface area contributed by atoms with Crippen LogP contribution < -0.4 is 11.1 Å². The van der Waals surface area contributed by atoms with Gasteiger partial charge < -0.3 is 15.6 Å². The molecule has 4 nitrogen and oxygen atoms in total. The van der Waals surface area contributed by atoms with Crippen LogP contribution in [0.15, 0.2) is 24.5 Å². The molecule has 0 aromatic carbocycles. The van der Waals surface area contributed by atoms with E-state index in [-0.39, 0.29) is 17.9 Å². The minimum atomic E-state index is 0.139. The highest BCUT2D eigenvalue weighted by Gasteiger charge is 2.27. The molecule has 0 saturated heterocycles. The van der Waals surface area contributed by atoms with Crippen molar-refractivity contribution in [3.05, 3.63) is 24.5 Å². The Bertz CT molecular complexity index is 334. The number of nitrogens with one attached hydrogen (secondary N) is 1. The van der Waals surface area contributed by atoms with Crippen molar-refractivity contribution in [1.82, 2.24) is 9.88 Å². The van der Waals surface area contributed by atoms with Crippen LogP contribution in [-0.2, 0) is 11.3 Å². The summed E-state index contributed by atoms with van der Waals surface area (Å²) < 4.78 is 2.06. The van der Waals surface area contributed by atoms with E-state index in [0.717, 1.165) is 25.8 Å². The van der Waals surface area contributed by atoms with Crippen LogP contribution in [0.25, 0.3) is 0 Å². The second kappa shape index (κ2) is 5.16. The number of aromatic nitrogens is 1. The zero-order chi connectivity index (χ0) is 11.4. The Morgan fingerprint density at radius 1 is 1.38 bits per heavy atom. The molecule has 2 atom stereocenters. The van der Waals surface area contributed by atoms with Crippen molar-refractivity contribution in [2.45, 2.75) is 31.8 Å².